The molecule has 1 atom stereocenters. The number of aryl methyl sites for hydroxylation is 2. The number of thiazole rings is 1. The van der Waals surface area contributed by atoms with Crippen LogP contribution >= 0.6 is 11.3 Å². The van der Waals surface area contributed by atoms with Crippen LogP contribution in [0.2, 0.25) is 0 Å². The van der Waals surface area contributed by atoms with Gasteiger partial charge in [-0.3, -0.25) is 4.79 Å². The standard InChI is InChI=1S/C14H19N3OS/c1-4-7-17-8-12(5-6-13(17)18)16-11(3)14-10(2)15-9-19-14/h5-6,8-9,11,16H,4,7H2,1-3H3. The molecule has 2 aromatic rings. The molecule has 5 heteroatoms. The second-order valence-electron chi connectivity index (χ2n) is 4.62. The van der Waals surface area contributed by atoms with Crippen LogP contribution in [0.3, 0.4) is 0 Å². The normalized spacial score (nSPS) is 12.4. The van der Waals surface area contributed by atoms with E-state index in [1.165, 1.54) is 4.88 Å². The van der Waals surface area contributed by atoms with Gasteiger partial charge in [-0.15, -0.1) is 11.3 Å². The van der Waals surface area contributed by atoms with E-state index in [1.807, 2.05) is 24.7 Å². The monoisotopic (exact) mass is 277 g/mol. The molecule has 1 N–H and O–H groups in total. The van der Waals surface area contributed by atoms with Crippen LogP contribution in [-0.2, 0) is 6.54 Å². The van der Waals surface area contributed by atoms with Gasteiger partial charge in [0.05, 0.1) is 22.9 Å². The first-order valence-corrected chi connectivity index (χ1v) is 7.36. The van der Waals surface area contributed by atoms with Crippen LogP contribution in [0, 0.1) is 6.92 Å². The summed E-state index contributed by atoms with van der Waals surface area (Å²) >= 11 is 1.65. The van der Waals surface area contributed by atoms with Gasteiger partial charge in [0.15, 0.2) is 0 Å². The molecule has 0 fully saturated rings. The van der Waals surface area contributed by atoms with E-state index in [0.717, 1.165) is 24.3 Å². The Morgan fingerprint density at radius 1 is 1.47 bits per heavy atom. The summed E-state index contributed by atoms with van der Waals surface area (Å²) in [6.07, 6.45) is 2.84. The van der Waals surface area contributed by atoms with Crippen LogP contribution in [0.25, 0.3) is 0 Å². The largest absolute Gasteiger partial charge is 0.376 e. The quantitative estimate of drug-likeness (QED) is 0.913. The van der Waals surface area contributed by atoms with Crippen LogP contribution in [0.5, 0.6) is 0 Å². The molecule has 1 unspecified atom stereocenters. The topological polar surface area (TPSA) is 46.9 Å². The molecule has 0 aliphatic heterocycles. The van der Waals surface area contributed by atoms with E-state index in [4.69, 9.17) is 0 Å². The first-order chi connectivity index (χ1) is 9.11. The highest BCUT2D eigenvalue weighted by Crippen LogP contribution is 2.24. The van der Waals surface area contributed by atoms with Gasteiger partial charge in [-0.2, -0.15) is 0 Å². The minimum atomic E-state index is 0.0500. The van der Waals surface area contributed by atoms with Crippen molar-refractivity contribution in [2.45, 2.75) is 39.8 Å². The third kappa shape index (κ3) is 3.23. The molecule has 0 saturated heterocycles. The average Bonchev–Trinajstić information content (AvgIpc) is 2.80. The highest BCUT2D eigenvalue weighted by Gasteiger charge is 2.11. The number of nitrogens with one attached hydrogen (secondary N) is 1. The van der Waals surface area contributed by atoms with Crippen molar-refractivity contribution in [2.24, 2.45) is 0 Å². The summed E-state index contributed by atoms with van der Waals surface area (Å²) in [6.45, 7) is 6.94. The van der Waals surface area contributed by atoms with Gasteiger partial charge in [0, 0.05) is 23.7 Å². The summed E-state index contributed by atoms with van der Waals surface area (Å²) < 4.78 is 1.74. The number of pyridine rings is 1. The maximum Gasteiger partial charge on any atom is 0.250 e. The van der Waals surface area contributed by atoms with E-state index in [0.29, 0.717) is 0 Å². The van der Waals surface area contributed by atoms with Crippen molar-refractivity contribution in [3.05, 3.63) is 44.8 Å². The first-order valence-electron chi connectivity index (χ1n) is 6.48. The lowest BCUT2D eigenvalue weighted by molar-refractivity contribution is 0.654. The molecule has 0 aromatic carbocycles. The van der Waals surface area contributed by atoms with Gasteiger partial charge in [-0.1, -0.05) is 6.92 Å². The van der Waals surface area contributed by atoms with Crippen molar-refractivity contribution >= 4 is 17.0 Å². The molecule has 102 valence electrons. The minimum Gasteiger partial charge on any atom is -0.376 e. The van der Waals surface area contributed by atoms with Gasteiger partial charge in [0.1, 0.15) is 0 Å². The molecule has 0 amide bonds. The Morgan fingerprint density at radius 2 is 2.26 bits per heavy atom. The van der Waals surface area contributed by atoms with Gasteiger partial charge in [-0.05, 0) is 26.3 Å². The van der Waals surface area contributed by atoms with Crippen molar-refractivity contribution in [1.82, 2.24) is 9.55 Å². The molecular weight excluding hydrogens is 258 g/mol. The average molecular weight is 277 g/mol. The zero-order valence-electron chi connectivity index (χ0n) is 11.5. The van der Waals surface area contributed by atoms with E-state index in [1.54, 1.807) is 22.0 Å². The zero-order chi connectivity index (χ0) is 13.8. The first kappa shape index (κ1) is 13.8. The Hall–Kier alpha value is -1.62. The van der Waals surface area contributed by atoms with Crippen molar-refractivity contribution < 1.29 is 0 Å². The van der Waals surface area contributed by atoms with E-state index >= 15 is 0 Å². The molecule has 0 aliphatic carbocycles. The number of anilines is 1. The van der Waals surface area contributed by atoms with Gasteiger partial charge in [-0.25, -0.2) is 4.98 Å². The highest BCUT2D eigenvalue weighted by atomic mass is 32.1. The lowest BCUT2D eigenvalue weighted by atomic mass is 10.2. The van der Waals surface area contributed by atoms with Gasteiger partial charge in [0.2, 0.25) is 0 Å². The van der Waals surface area contributed by atoms with Crippen LogP contribution < -0.4 is 10.9 Å². The molecule has 0 aliphatic rings. The second-order valence-corrected chi connectivity index (χ2v) is 5.50. The Labute approximate surface area is 117 Å². The van der Waals surface area contributed by atoms with Crippen molar-refractivity contribution in [2.75, 3.05) is 5.32 Å². The maximum absolute atomic E-state index is 11.7. The van der Waals surface area contributed by atoms with Gasteiger partial charge in [0.25, 0.3) is 5.56 Å². The number of aromatic nitrogens is 2. The molecule has 19 heavy (non-hydrogen) atoms. The molecule has 0 saturated carbocycles. The lowest BCUT2D eigenvalue weighted by Crippen LogP contribution is -2.19. The summed E-state index contributed by atoms with van der Waals surface area (Å²) in [5.74, 6) is 0. The number of hydrogen-bond donors (Lipinski definition) is 1. The molecule has 2 heterocycles. The molecular formula is C14H19N3OS. The van der Waals surface area contributed by atoms with E-state index in [2.05, 4.69) is 24.1 Å². The lowest BCUT2D eigenvalue weighted by Gasteiger charge is -2.15. The Morgan fingerprint density at radius 3 is 2.89 bits per heavy atom. The molecule has 0 spiro atoms. The number of hydrogen-bond acceptors (Lipinski definition) is 4. The fraction of sp³-hybridized carbons (Fsp3) is 0.429. The maximum atomic E-state index is 11.7. The summed E-state index contributed by atoms with van der Waals surface area (Å²) in [6, 6.07) is 3.64. The van der Waals surface area contributed by atoms with Crippen LogP contribution in [0.1, 0.15) is 36.9 Å². The summed E-state index contributed by atoms with van der Waals surface area (Å²) in [4.78, 5) is 17.2. The highest BCUT2D eigenvalue weighted by molar-refractivity contribution is 7.09. The molecule has 2 aromatic heterocycles. The SMILES string of the molecule is CCCn1cc(NC(C)c2scnc2C)ccc1=O. The molecule has 0 bridgehead atoms. The van der Waals surface area contributed by atoms with E-state index < -0.39 is 0 Å². The Bertz CT molecular complexity index is 603. The van der Waals surface area contributed by atoms with Gasteiger partial charge < -0.3 is 9.88 Å². The van der Waals surface area contributed by atoms with Crippen LogP contribution in [-0.4, -0.2) is 9.55 Å². The fourth-order valence-corrected chi connectivity index (χ4v) is 2.89. The zero-order valence-corrected chi connectivity index (χ0v) is 12.3. The fourth-order valence-electron chi connectivity index (χ4n) is 2.07. The minimum absolute atomic E-state index is 0.0500. The van der Waals surface area contributed by atoms with Crippen LogP contribution in [0.4, 0.5) is 5.69 Å². The van der Waals surface area contributed by atoms with Crippen LogP contribution in [0.15, 0.2) is 28.6 Å². The second kappa shape index (κ2) is 6.02. The van der Waals surface area contributed by atoms with Crippen molar-refractivity contribution in [3.63, 3.8) is 0 Å². The van der Waals surface area contributed by atoms with Crippen molar-refractivity contribution in [1.29, 1.82) is 0 Å². The summed E-state index contributed by atoms with van der Waals surface area (Å²) in [5.41, 5.74) is 3.94. The number of nitrogens with zero attached hydrogens (tertiary/aromatic N) is 2. The molecule has 2 rings (SSSR count). The van der Waals surface area contributed by atoms with Gasteiger partial charge >= 0.3 is 0 Å². The Balaban J connectivity index is 2.17. The predicted molar refractivity (Wildman–Crippen MR) is 79.9 cm³/mol. The smallest absolute Gasteiger partial charge is 0.250 e. The predicted octanol–water partition coefficient (Wildman–Crippen LogP) is 3.20. The molecule has 4 nitrogen and oxygen atoms in total. The third-order valence-corrected chi connectivity index (χ3v) is 4.12. The van der Waals surface area contributed by atoms with Crippen molar-refractivity contribution in [3.8, 4) is 0 Å². The third-order valence-electron chi connectivity index (χ3n) is 3.01. The molecule has 0 radical (unpaired) electrons. The van der Waals surface area contributed by atoms with E-state index in [-0.39, 0.29) is 11.6 Å². The van der Waals surface area contributed by atoms with E-state index in [9.17, 15) is 4.79 Å². The summed E-state index contributed by atoms with van der Waals surface area (Å²) in [5, 5.41) is 3.42. The Kier molecular flexibility index (Phi) is 4.37. The summed E-state index contributed by atoms with van der Waals surface area (Å²) in [7, 11) is 0. The number of rotatable bonds is 5.